The van der Waals surface area contributed by atoms with E-state index in [2.05, 4.69) is 0 Å². The molecule has 0 aliphatic heterocycles. The molecule has 0 amide bonds. The average molecular weight is 396 g/mol. The number of carbonyl (C=O) groups is 2. The molecule has 1 aromatic heterocycles. The average Bonchev–Trinajstić information content (AvgIpc) is 2.61. The molecule has 0 bridgehead atoms. The maximum atomic E-state index is 12.4. The molecule has 0 aliphatic carbocycles. The number of benzene rings is 1. The largest absolute Gasteiger partial charge is 0.507 e. The second kappa shape index (κ2) is 8.09. The van der Waals surface area contributed by atoms with Crippen LogP contribution in [0.5, 0.6) is 5.75 Å². The number of hydrogen-bond donors (Lipinski definition) is 2. The van der Waals surface area contributed by atoms with E-state index < -0.39 is 40.9 Å². The Morgan fingerprint density at radius 3 is 2.56 bits per heavy atom. The van der Waals surface area contributed by atoms with Crippen LogP contribution in [0, 0.1) is 0 Å². The van der Waals surface area contributed by atoms with Crippen LogP contribution in [0.3, 0.4) is 0 Å². The molecule has 0 spiro atoms. The normalized spacial score (nSPS) is 10.6. The maximum Gasteiger partial charge on any atom is 0.342 e. The molecular weight excluding hydrogens is 378 g/mol. The van der Waals surface area contributed by atoms with Gasteiger partial charge in [-0.1, -0.05) is 18.5 Å². The minimum Gasteiger partial charge on any atom is -0.507 e. The zero-order valence-corrected chi connectivity index (χ0v) is 15.4. The standard InChI is InChI=1S/C17H18ClN3O6/c1-3-6-21-14(19)13(15(24)20(2)17(21)26)12(23)8-27-16(25)10-5-4-9(18)7-11(10)22/h4-5,7,22H,3,6,8,19H2,1-2H3. The third kappa shape index (κ3) is 4.03. The molecule has 144 valence electrons. The predicted octanol–water partition coefficient (Wildman–Crippen LogP) is 0.938. The van der Waals surface area contributed by atoms with Crippen molar-refractivity contribution in [1.82, 2.24) is 9.13 Å². The number of hydrogen-bond acceptors (Lipinski definition) is 7. The molecule has 0 aliphatic rings. The lowest BCUT2D eigenvalue weighted by Crippen LogP contribution is -2.43. The first-order chi connectivity index (χ1) is 12.7. The highest BCUT2D eigenvalue weighted by atomic mass is 35.5. The molecule has 0 saturated carbocycles. The van der Waals surface area contributed by atoms with Crippen molar-refractivity contribution in [1.29, 1.82) is 0 Å². The smallest absolute Gasteiger partial charge is 0.342 e. The Labute approximate surface area is 158 Å². The molecule has 27 heavy (non-hydrogen) atoms. The summed E-state index contributed by atoms with van der Waals surface area (Å²) < 4.78 is 6.74. The summed E-state index contributed by atoms with van der Waals surface area (Å²) in [5.74, 6) is -2.53. The molecule has 0 atom stereocenters. The van der Waals surface area contributed by atoms with Gasteiger partial charge < -0.3 is 15.6 Å². The lowest BCUT2D eigenvalue weighted by Gasteiger charge is -2.14. The zero-order valence-electron chi connectivity index (χ0n) is 14.7. The Kier molecular flexibility index (Phi) is 6.06. The fourth-order valence-electron chi connectivity index (χ4n) is 2.44. The van der Waals surface area contributed by atoms with E-state index in [-0.39, 0.29) is 22.9 Å². The fraction of sp³-hybridized carbons (Fsp3) is 0.294. The first-order valence-corrected chi connectivity index (χ1v) is 8.35. The highest BCUT2D eigenvalue weighted by molar-refractivity contribution is 6.30. The van der Waals surface area contributed by atoms with Crippen molar-refractivity contribution in [2.24, 2.45) is 7.05 Å². The summed E-state index contributed by atoms with van der Waals surface area (Å²) in [5.41, 5.74) is 3.70. The van der Waals surface area contributed by atoms with Crippen LogP contribution in [0.15, 0.2) is 27.8 Å². The van der Waals surface area contributed by atoms with Gasteiger partial charge in [-0.15, -0.1) is 0 Å². The van der Waals surface area contributed by atoms with Crippen molar-refractivity contribution in [3.8, 4) is 5.75 Å². The van der Waals surface area contributed by atoms with Gasteiger partial charge in [0.15, 0.2) is 6.61 Å². The molecular formula is C17H18ClN3O6. The SMILES string of the molecule is CCCn1c(N)c(C(=O)COC(=O)c2ccc(Cl)cc2O)c(=O)n(C)c1=O. The molecule has 2 aromatic rings. The third-order valence-corrected chi connectivity index (χ3v) is 4.06. The van der Waals surface area contributed by atoms with Gasteiger partial charge in [-0.05, 0) is 24.6 Å². The van der Waals surface area contributed by atoms with Gasteiger partial charge in [-0.25, -0.2) is 9.59 Å². The number of nitrogen functional groups attached to an aromatic ring is 1. The Morgan fingerprint density at radius 1 is 1.30 bits per heavy atom. The number of Topliss-reactive ketones (excluding diaryl/α,β-unsaturated/α-hetero) is 1. The maximum absolute atomic E-state index is 12.4. The number of aromatic nitrogens is 2. The van der Waals surface area contributed by atoms with E-state index in [4.69, 9.17) is 22.1 Å². The summed E-state index contributed by atoms with van der Waals surface area (Å²) in [7, 11) is 1.23. The molecule has 0 fully saturated rings. The molecule has 9 nitrogen and oxygen atoms in total. The molecule has 0 radical (unpaired) electrons. The van der Waals surface area contributed by atoms with E-state index >= 15 is 0 Å². The van der Waals surface area contributed by atoms with Gasteiger partial charge in [0.1, 0.15) is 22.7 Å². The number of rotatable bonds is 6. The number of halogens is 1. The second-order valence-electron chi connectivity index (χ2n) is 5.72. The molecule has 1 aromatic carbocycles. The van der Waals surface area contributed by atoms with Crippen LogP contribution in [0.1, 0.15) is 34.1 Å². The quantitative estimate of drug-likeness (QED) is 0.549. The summed E-state index contributed by atoms with van der Waals surface area (Å²) in [5, 5.41) is 9.93. The summed E-state index contributed by atoms with van der Waals surface area (Å²) in [6, 6.07) is 3.75. The number of ether oxygens (including phenoxy) is 1. The zero-order chi connectivity index (χ0) is 20.3. The molecule has 0 unspecified atom stereocenters. The highest BCUT2D eigenvalue weighted by Crippen LogP contribution is 2.22. The second-order valence-corrected chi connectivity index (χ2v) is 6.16. The number of nitrogens with two attached hydrogens (primary N) is 1. The number of esters is 1. The lowest BCUT2D eigenvalue weighted by molar-refractivity contribution is 0.0471. The summed E-state index contributed by atoms with van der Waals surface area (Å²) in [4.78, 5) is 48.8. The Balaban J connectivity index is 2.29. The Bertz CT molecular complexity index is 1020. The molecule has 0 saturated heterocycles. The monoisotopic (exact) mass is 395 g/mol. The van der Waals surface area contributed by atoms with Crippen LogP contribution in [0.4, 0.5) is 5.82 Å². The van der Waals surface area contributed by atoms with Crippen LogP contribution in [-0.2, 0) is 18.3 Å². The lowest BCUT2D eigenvalue weighted by atomic mass is 10.2. The van der Waals surface area contributed by atoms with E-state index in [9.17, 15) is 24.3 Å². The van der Waals surface area contributed by atoms with Crippen molar-refractivity contribution >= 4 is 29.2 Å². The van der Waals surface area contributed by atoms with E-state index in [1.165, 1.54) is 19.2 Å². The van der Waals surface area contributed by atoms with Crippen LogP contribution < -0.4 is 17.0 Å². The fourth-order valence-corrected chi connectivity index (χ4v) is 2.61. The number of nitrogens with zero attached hydrogens (tertiary/aromatic N) is 2. The number of carbonyl (C=O) groups excluding carboxylic acids is 2. The van der Waals surface area contributed by atoms with Crippen LogP contribution in [0.25, 0.3) is 0 Å². The van der Waals surface area contributed by atoms with Gasteiger partial charge >= 0.3 is 11.7 Å². The van der Waals surface area contributed by atoms with Gasteiger partial charge in [0.2, 0.25) is 5.78 Å². The molecule has 1 heterocycles. The van der Waals surface area contributed by atoms with Crippen LogP contribution >= 0.6 is 11.6 Å². The minimum atomic E-state index is -0.977. The van der Waals surface area contributed by atoms with Crippen LogP contribution in [0.2, 0.25) is 5.02 Å². The molecule has 3 N–H and O–H groups in total. The number of aromatic hydroxyl groups is 1. The number of phenolic OH excluding ortho intramolecular Hbond substituents is 1. The van der Waals surface area contributed by atoms with Gasteiger partial charge in [0.05, 0.1) is 0 Å². The van der Waals surface area contributed by atoms with E-state index in [1.54, 1.807) is 6.92 Å². The van der Waals surface area contributed by atoms with E-state index in [0.717, 1.165) is 15.2 Å². The first kappa shape index (κ1) is 20.2. The Morgan fingerprint density at radius 2 is 1.96 bits per heavy atom. The van der Waals surface area contributed by atoms with Crippen LogP contribution in [-0.4, -0.2) is 32.6 Å². The van der Waals surface area contributed by atoms with Crippen molar-refractivity contribution in [3.63, 3.8) is 0 Å². The summed E-state index contributed by atoms with van der Waals surface area (Å²) in [6.07, 6.45) is 0.556. The summed E-state index contributed by atoms with van der Waals surface area (Å²) >= 11 is 5.69. The van der Waals surface area contributed by atoms with Gasteiger partial charge in [-0.2, -0.15) is 0 Å². The van der Waals surface area contributed by atoms with Gasteiger partial charge in [0, 0.05) is 18.6 Å². The minimum absolute atomic E-state index is 0.191. The summed E-state index contributed by atoms with van der Waals surface area (Å²) in [6.45, 7) is 1.24. The van der Waals surface area contributed by atoms with E-state index in [0.29, 0.717) is 6.42 Å². The first-order valence-electron chi connectivity index (χ1n) is 7.97. The number of ketones is 1. The predicted molar refractivity (Wildman–Crippen MR) is 98.4 cm³/mol. The van der Waals surface area contributed by atoms with Gasteiger partial charge in [0.25, 0.3) is 5.56 Å². The Hall–Kier alpha value is -3.07. The van der Waals surface area contributed by atoms with Crippen molar-refractivity contribution in [2.45, 2.75) is 19.9 Å². The third-order valence-electron chi connectivity index (χ3n) is 3.82. The highest BCUT2D eigenvalue weighted by Gasteiger charge is 2.23. The van der Waals surface area contributed by atoms with E-state index in [1.807, 2.05) is 0 Å². The number of anilines is 1. The van der Waals surface area contributed by atoms with Gasteiger partial charge in [-0.3, -0.25) is 18.7 Å². The van der Waals surface area contributed by atoms with Crippen molar-refractivity contribution in [3.05, 3.63) is 55.2 Å². The molecule has 10 heteroatoms. The van der Waals surface area contributed by atoms with Crippen molar-refractivity contribution < 1.29 is 19.4 Å². The number of phenols is 1. The van der Waals surface area contributed by atoms with Crippen molar-refractivity contribution in [2.75, 3.05) is 12.3 Å². The topological polar surface area (TPSA) is 134 Å². The molecule has 2 rings (SSSR count).